The number of carbonyl (C=O) groups excluding carboxylic acids is 1. The highest BCUT2D eigenvalue weighted by Gasteiger charge is 2.22. The van der Waals surface area contributed by atoms with Crippen LogP contribution in [0.1, 0.15) is 36.7 Å². The zero-order valence-corrected chi connectivity index (χ0v) is 13.5. The summed E-state index contributed by atoms with van der Waals surface area (Å²) in [4.78, 5) is 14.5. The lowest BCUT2D eigenvalue weighted by atomic mass is 10.0. The van der Waals surface area contributed by atoms with E-state index >= 15 is 0 Å². The van der Waals surface area contributed by atoms with Crippen LogP contribution in [0.4, 0.5) is 5.69 Å². The van der Waals surface area contributed by atoms with Crippen LogP contribution in [0.15, 0.2) is 18.2 Å². The second-order valence-corrected chi connectivity index (χ2v) is 5.97. The lowest BCUT2D eigenvalue weighted by Gasteiger charge is -2.32. The van der Waals surface area contributed by atoms with Crippen molar-refractivity contribution in [3.63, 3.8) is 0 Å². The Morgan fingerprint density at radius 2 is 1.95 bits per heavy atom. The van der Waals surface area contributed by atoms with Crippen molar-refractivity contribution >= 4 is 11.6 Å². The Kier molecular flexibility index (Phi) is 5.57. The van der Waals surface area contributed by atoms with Crippen molar-refractivity contribution in [3.8, 4) is 0 Å². The quantitative estimate of drug-likeness (QED) is 0.839. The van der Waals surface area contributed by atoms with E-state index in [1.54, 1.807) is 0 Å². The van der Waals surface area contributed by atoms with E-state index in [1.165, 1.54) is 0 Å². The van der Waals surface area contributed by atoms with E-state index < -0.39 is 0 Å². The number of anilines is 1. The lowest BCUT2D eigenvalue weighted by Crippen LogP contribution is -2.48. The van der Waals surface area contributed by atoms with Gasteiger partial charge in [-0.2, -0.15) is 0 Å². The van der Waals surface area contributed by atoms with E-state index in [1.807, 2.05) is 46.1 Å². The smallest absolute Gasteiger partial charge is 0.253 e. The van der Waals surface area contributed by atoms with Crippen LogP contribution in [-0.2, 0) is 0 Å². The van der Waals surface area contributed by atoms with Gasteiger partial charge in [-0.1, -0.05) is 11.6 Å². The Morgan fingerprint density at radius 1 is 1.30 bits per heavy atom. The van der Waals surface area contributed by atoms with Crippen LogP contribution in [0.5, 0.6) is 0 Å². The number of likely N-dealkylation sites (N-methyl/N-ethyl adjacent to an activating group) is 1. The van der Waals surface area contributed by atoms with Gasteiger partial charge < -0.3 is 15.5 Å². The fraction of sp³-hybridized carbons (Fsp3) is 0.562. The van der Waals surface area contributed by atoms with Crippen molar-refractivity contribution < 1.29 is 4.79 Å². The minimum absolute atomic E-state index is 0.0282. The average Bonchev–Trinajstić information content (AvgIpc) is 2.38. The summed E-state index contributed by atoms with van der Waals surface area (Å²) in [6, 6.07) is 5.90. The minimum Gasteiger partial charge on any atom is -0.385 e. The van der Waals surface area contributed by atoms with Gasteiger partial charge in [-0.05, 0) is 53.9 Å². The van der Waals surface area contributed by atoms with E-state index in [4.69, 9.17) is 0 Å². The zero-order chi connectivity index (χ0) is 15.3. The normalized spacial score (nSPS) is 11.6. The molecule has 0 aliphatic heterocycles. The van der Waals surface area contributed by atoms with Gasteiger partial charge in [-0.15, -0.1) is 0 Å². The Bertz CT molecular complexity index is 467. The molecule has 2 N–H and O–H groups in total. The third-order valence-corrected chi connectivity index (χ3v) is 3.68. The van der Waals surface area contributed by atoms with E-state index in [0.29, 0.717) is 12.1 Å². The first-order valence-electron chi connectivity index (χ1n) is 7.08. The Labute approximate surface area is 122 Å². The summed E-state index contributed by atoms with van der Waals surface area (Å²) in [5.41, 5.74) is 2.61. The first-order valence-corrected chi connectivity index (χ1v) is 7.08. The molecule has 0 spiro atoms. The van der Waals surface area contributed by atoms with Crippen molar-refractivity contribution in [3.05, 3.63) is 29.3 Å². The molecule has 1 amide bonds. The minimum atomic E-state index is -0.0716. The van der Waals surface area contributed by atoms with Crippen molar-refractivity contribution in [2.75, 3.05) is 32.5 Å². The van der Waals surface area contributed by atoms with Gasteiger partial charge in [0.2, 0.25) is 0 Å². The van der Waals surface area contributed by atoms with Crippen molar-refractivity contribution in [2.24, 2.45) is 0 Å². The SMILES string of the molecule is CCNc1ccc(C)cc1C(=O)NCC(C)(C)N(C)C. The number of hydrogen-bond acceptors (Lipinski definition) is 3. The van der Waals surface area contributed by atoms with Gasteiger partial charge in [0.1, 0.15) is 0 Å². The van der Waals surface area contributed by atoms with Crippen molar-refractivity contribution in [1.82, 2.24) is 10.2 Å². The molecule has 0 saturated carbocycles. The third kappa shape index (κ3) is 4.23. The highest BCUT2D eigenvalue weighted by Crippen LogP contribution is 2.17. The summed E-state index contributed by atoms with van der Waals surface area (Å²) >= 11 is 0. The molecule has 0 aliphatic rings. The molecule has 0 saturated heterocycles. The number of hydrogen-bond donors (Lipinski definition) is 2. The molecule has 4 nitrogen and oxygen atoms in total. The molecule has 1 aromatic rings. The second-order valence-electron chi connectivity index (χ2n) is 5.97. The van der Waals surface area contributed by atoms with Gasteiger partial charge in [-0.25, -0.2) is 0 Å². The van der Waals surface area contributed by atoms with Crippen LogP contribution in [0, 0.1) is 6.92 Å². The molecule has 1 aromatic carbocycles. The first-order chi connectivity index (χ1) is 9.27. The Balaban J connectivity index is 2.84. The number of nitrogens with one attached hydrogen (secondary N) is 2. The molecule has 0 aliphatic carbocycles. The van der Waals surface area contributed by atoms with Crippen LogP contribution >= 0.6 is 0 Å². The molecule has 0 radical (unpaired) electrons. The van der Waals surface area contributed by atoms with Crippen molar-refractivity contribution in [2.45, 2.75) is 33.2 Å². The summed E-state index contributed by atoms with van der Waals surface area (Å²) < 4.78 is 0. The maximum Gasteiger partial charge on any atom is 0.253 e. The Morgan fingerprint density at radius 3 is 2.50 bits per heavy atom. The molecule has 0 bridgehead atoms. The fourth-order valence-electron chi connectivity index (χ4n) is 1.74. The highest BCUT2D eigenvalue weighted by molar-refractivity contribution is 5.99. The fourth-order valence-corrected chi connectivity index (χ4v) is 1.74. The van der Waals surface area contributed by atoms with Crippen LogP contribution in [0.2, 0.25) is 0 Å². The number of benzene rings is 1. The number of amides is 1. The Hall–Kier alpha value is -1.55. The van der Waals surface area contributed by atoms with Gasteiger partial charge in [0.05, 0.1) is 5.56 Å². The van der Waals surface area contributed by atoms with Crippen molar-refractivity contribution in [1.29, 1.82) is 0 Å². The molecule has 20 heavy (non-hydrogen) atoms. The molecule has 1 rings (SSSR count). The first kappa shape index (κ1) is 16.5. The summed E-state index contributed by atoms with van der Waals surface area (Å²) in [6.45, 7) is 9.64. The zero-order valence-electron chi connectivity index (χ0n) is 13.5. The van der Waals surface area contributed by atoms with Gasteiger partial charge in [0, 0.05) is 24.3 Å². The molecule has 0 heterocycles. The maximum atomic E-state index is 12.4. The number of rotatable bonds is 6. The largest absolute Gasteiger partial charge is 0.385 e. The van der Waals surface area contributed by atoms with Gasteiger partial charge >= 0.3 is 0 Å². The molecule has 0 atom stereocenters. The molecule has 112 valence electrons. The average molecular weight is 277 g/mol. The molecule has 0 unspecified atom stereocenters. The standard InChI is InChI=1S/C16H27N3O/c1-7-17-14-9-8-12(2)10-13(14)15(20)18-11-16(3,4)19(5)6/h8-10,17H,7,11H2,1-6H3,(H,18,20). The molecule has 0 fully saturated rings. The number of aryl methyl sites for hydroxylation is 1. The lowest BCUT2D eigenvalue weighted by molar-refractivity contribution is 0.0920. The summed E-state index contributed by atoms with van der Waals surface area (Å²) in [7, 11) is 4.03. The topological polar surface area (TPSA) is 44.4 Å². The molecular formula is C16H27N3O. The second kappa shape index (κ2) is 6.75. The van der Waals surface area contributed by atoms with Gasteiger partial charge in [0.25, 0.3) is 5.91 Å². The van der Waals surface area contributed by atoms with E-state index in [2.05, 4.69) is 29.4 Å². The summed E-state index contributed by atoms with van der Waals surface area (Å²) in [6.07, 6.45) is 0. The number of nitrogens with zero attached hydrogens (tertiary/aromatic N) is 1. The van der Waals surface area contributed by atoms with Gasteiger partial charge in [-0.3, -0.25) is 4.79 Å². The molecular weight excluding hydrogens is 250 g/mol. The molecule has 4 heteroatoms. The predicted octanol–water partition coefficient (Wildman–Crippen LogP) is 2.50. The van der Waals surface area contributed by atoms with E-state index in [0.717, 1.165) is 17.8 Å². The predicted molar refractivity (Wildman–Crippen MR) is 85.4 cm³/mol. The monoisotopic (exact) mass is 277 g/mol. The molecule has 0 aromatic heterocycles. The summed E-state index contributed by atoms with van der Waals surface area (Å²) in [5, 5.41) is 6.26. The highest BCUT2D eigenvalue weighted by atomic mass is 16.1. The number of carbonyl (C=O) groups is 1. The maximum absolute atomic E-state index is 12.4. The third-order valence-electron chi connectivity index (χ3n) is 3.68. The van der Waals surface area contributed by atoms with Gasteiger partial charge in [0.15, 0.2) is 0 Å². The summed E-state index contributed by atoms with van der Waals surface area (Å²) in [5.74, 6) is -0.0282. The van der Waals surface area contributed by atoms with Crippen LogP contribution in [-0.4, -0.2) is 43.5 Å². The van der Waals surface area contributed by atoms with Crippen LogP contribution in [0.25, 0.3) is 0 Å². The van der Waals surface area contributed by atoms with E-state index in [9.17, 15) is 4.79 Å². The van der Waals surface area contributed by atoms with Crippen LogP contribution in [0.3, 0.4) is 0 Å². The van der Waals surface area contributed by atoms with E-state index in [-0.39, 0.29) is 11.4 Å². The van der Waals surface area contributed by atoms with Crippen LogP contribution < -0.4 is 10.6 Å².